The van der Waals surface area contributed by atoms with Gasteiger partial charge in [-0.15, -0.1) is 0 Å². The van der Waals surface area contributed by atoms with Gasteiger partial charge < -0.3 is 9.84 Å². The summed E-state index contributed by atoms with van der Waals surface area (Å²) in [6.45, 7) is 3.37. The number of rotatable bonds is 7. The number of ether oxygens (including phenoxy) is 1. The molecular formula is C13H18Cl2O2. The van der Waals surface area contributed by atoms with E-state index in [1.807, 2.05) is 19.1 Å². The molecule has 96 valence electrons. The molecule has 0 heterocycles. The van der Waals surface area contributed by atoms with Crippen molar-refractivity contribution in [2.75, 3.05) is 13.2 Å². The van der Waals surface area contributed by atoms with Crippen LogP contribution in [0.2, 0.25) is 10.0 Å². The van der Waals surface area contributed by atoms with Crippen LogP contribution < -0.4 is 0 Å². The molecule has 0 radical (unpaired) electrons. The van der Waals surface area contributed by atoms with Gasteiger partial charge in [-0.1, -0.05) is 35.3 Å². The van der Waals surface area contributed by atoms with Crippen molar-refractivity contribution in [2.24, 2.45) is 0 Å². The summed E-state index contributed by atoms with van der Waals surface area (Å²) in [5.41, 5.74) is 0.892. The van der Waals surface area contributed by atoms with Crippen LogP contribution in [0.1, 0.15) is 25.3 Å². The van der Waals surface area contributed by atoms with E-state index in [4.69, 9.17) is 27.9 Å². The number of hydrogen-bond donors (Lipinski definition) is 1. The third-order valence-corrected chi connectivity index (χ3v) is 3.38. The molecule has 0 bridgehead atoms. The van der Waals surface area contributed by atoms with Crippen molar-refractivity contribution >= 4 is 23.2 Å². The number of hydrogen-bond acceptors (Lipinski definition) is 2. The zero-order valence-corrected chi connectivity index (χ0v) is 11.5. The maximum atomic E-state index is 9.86. The van der Waals surface area contributed by atoms with Crippen LogP contribution in [-0.2, 0) is 11.2 Å². The Labute approximate surface area is 113 Å². The molecule has 0 spiro atoms. The third kappa shape index (κ3) is 5.26. The fourth-order valence-corrected chi connectivity index (χ4v) is 2.02. The summed E-state index contributed by atoms with van der Waals surface area (Å²) in [4.78, 5) is 0. The molecule has 1 unspecified atom stereocenters. The van der Waals surface area contributed by atoms with Crippen molar-refractivity contribution in [3.05, 3.63) is 33.8 Å². The highest BCUT2D eigenvalue weighted by atomic mass is 35.5. The predicted molar refractivity (Wildman–Crippen MR) is 71.9 cm³/mol. The SMILES string of the molecule is CCOCCCC(O)Cc1cccc(Cl)c1Cl. The molecule has 2 nitrogen and oxygen atoms in total. The topological polar surface area (TPSA) is 29.5 Å². The molecule has 0 aliphatic heterocycles. The van der Waals surface area contributed by atoms with Gasteiger partial charge in [-0.2, -0.15) is 0 Å². The van der Waals surface area contributed by atoms with Crippen LogP contribution in [0.3, 0.4) is 0 Å². The Morgan fingerprint density at radius 3 is 2.82 bits per heavy atom. The number of aliphatic hydroxyl groups is 1. The number of aliphatic hydroxyl groups excluding tert-OH is 1. The van der Waals surface area contributed by atoms with Gasteiger partial charge in [-0.25, -0.2) is 0 Å². The highest BCUT2D eigenvalue weighted by Crippen LogP contribution is 2.26. The normalized spacial score (nSPS) is 12.7. The van der Waals surface area contributed by atoms with Crippen LogP contribution in [-0.4, -0.2) is 24.4 Å². The lowest BCUT2D eigenvalue weighted by atomic mass is 10.0. The molecule has 0 saturated carbocycles. The second kappa shape index (κ2) is 7.93. The standard InChI is InChI=1S/C13H18Cl2O2/c1-2-17-8-4-6-11(16)9-10-5-3-7-12(14)13(10)15/h3,5,7,11,16H,2,4,6,8-9H2,1H3. The third-order valence-electron chi connectivity index (χ3n) is 2.52. The second-order valence-electron chi connectivity index (χ2n) is 3.91. The van der Waals surface area contributed by atoms with E-state index in [0.717, 1.165) is 18.6 Å². The van der Waals surface area contributed by atoms with Crippen LogP contribution in [0.5, 0.6) is 0 Å². The van der Waals surface area contributed by atoms with Crippen molar-refractivity contribution in [2.45, 2.75) is 32.3 Å². The molecular weight excluding hydrogens is 259 g/mol. The lowest BCUT2D eigenvalue weighted by Crippen LogP contribution is -2.12. The number of halogens is 2. The zero-order valence-electron chi connectivity index (χ0n) is 9.96. The largest absolute Gasteiger partial charge is 0.393 e. The van der Waals surface area contributed by atoms with Crippen molar-refractivity contribution < 1.29 is 9.84 Å². The van der Waals surface area contributed by atoms with E-state index in [0.29, 0.717) is 29.5 Å². The van der Waals surface area contributed by atoms with E-state index in [-0.39, 0.29) is 0 Å². The fourth-order valence-electron chi connectivity index (χ4n) is 1.63. The minimum absolute atomic E-state index is 0.397. The molecule has 0 aliphatic carbocycles. The quantitative estimate of drug-likeness (QED) is 0.770. The summed E-state index contributed by atoms with van der Waals surface area (Å²) in [6.07, 6.45) is 1.70. The van der Waals surface area contributed by atoms with E-state index < -0.39 is 6.10 Å². The van der Waals surface area contributed by atoms with E-state index in [1.54, 1.807) is 6.07 Å². The Morgan fingerprint density at radius 2 is 2.12 bits per heavy atom. The van der Waals surface area contributed by atoms with E-state index in [9.17, 15) is 5.11 Å². The summed E-state index contributed by atoms with van der Waals surface area (Å²) in [5.74, 6) is 0. The van der Waals surface area contributed by atoms with Gasteiger partial charge in [-0.3, -0.25) is 0 Å². The summed E-state index contributed by atoms with van der Waals surface area (Å²) >= 11 is 12.0. The lowest BCUT2D eigenvalue weighted by Gasteiger charge is -2.12. The monoisotopic (exact) mass is 276 g/mol. The van der Waals surface area contributed by atoms with Crippen LogP contribution in [0, 0.1) is 0 Å². The minimum atomic E-state index is -0.397. The van der Waals surface area contributed by atoms with Crippen LogP contribution in [0.15, 0.2) is 18.2 Å². The first-order valence-corrected chi connectivity index (χ1v) is 6.59. The number of benzene rings is 1. The van der Waals surface area contributed by atoms with Gasteiger partial charge in [0.25, 0.3) is 0 Å². The molecule has 1 rings (SSSR count). The van der Waals surface area contributed by atoms with Crippen LogP contribution >= 0.6 is 23.2 Å². The van der Waals surface area contributed by atoms with Gasteiger partial charge in [0.1, 0.15) is 0 Å². The first kappa shape index (κ1) is 14.8. The maximum Gasteiger partial charge on any atom is 0.0625 e. The average molecular weight is 277 g/mol. The van der Waals surface area contributed by atoms with Gasteiger partial charge in [0.05, 0.1) is 16.1 Å². The summed E-state index contributed by atoms with van der Waals surface area (Å²) in [6, 6.07) is 5.48. The second-order valence-corrected chi connectivity index (χ2v) is 4.70. The molecule has 1 aromatic rings. The molecule has 1 N–H and O–H groups in total. The van der Waals surface area contributed by atoms with E-state index in [1.165, 1.54) is 0 Å². The zero-order chi connectivity index (χ0) is 12.7. The Morgan fingerprint density at radius 1 is 1.35 bits per heavy atom. The summed E-state index contributed by atoms with van der Waals surface area (Å²) < 4.78 is 5.22. The van der Waals surface area contributed by atoms with Crippen molar-refractivity contribution in [1.29, 1.82) is 0 Å². The molecule has 0 aromatic heterocycles. The molecule has 1 atom stereocenters. The molecule has 0 saturated heterocycles. The Kier molecular flexibility index (Phi) is 6.90. The van der Waals surface area contributed by atoms with Crippen LogP contribution in [0.4, 0.5) is 0 Å². The first-order chi connectivity index (χ1) is 8.15. The molecule has 0 aliphatic rings. The molecule has 4 heteroatoms. The summed E-state index contributed by atoms with van der Waals surface area (Å²) in [5, 5.41) is 10.9. The van der Waals surface area contributed by atoms with Gasteiger partial charge in [0.15, 0.2) is 0 Å². The van der Waals surface area contributed by atoms with Gasteiger partial charge in [0, 0.05) is 13.2 Å². The smallest absolute Gasteiger partial charge is 0.0625 e. The first-order valence-electron chi connectivity index (χ1n) is 5.83. The van der Waals surface area contributed by atoms with Crippen molar-refractivity contribution in [3.8, 4) is 0 Å². The molecule has 0 fully saturated rings. The Bertz CT molecular complexity index is 342. The van der Waals surface area contributed by atoms with Gasteiger partial charge >= 0.3 is 0 Å². The summed E-state index contributed by atoms with van der Waals surface area (Å²) in [7, 11) is 0. The average Bonchev–Trinajstić information content (AvgIpc) is 2.31. The van der Waals surface area contributed by atoms with Gasteiger partial charge in [0.2, 0.25) is 0 Å². The van der Waals surface area contributed by atoms with Gasteiger partial charge in [-0.05, 0) is 37.8 Å². The lowest BCUT2D eigenvalue weighted by molar-refractivity contribution is 0.114. The Balaban J connectivity index is 2.39. The van der Waals surface area contributed by atoms with Crippen molar-refractivity contribution in [1.82, 2.24) is 0 Å². The van der Waals surface area contributed by atoms with E-state index in [2.05, 4.69) is 0 Å². The molecule has 17 heavy (non-hydrogen) atoms. The Hall–Kier alpha value is -0.280. The predicted octanol–water partition coefficient (Wildman–Crippen LogP) is 3.71. The minimum Gasteiger partial charge on any atom is -0.393 e. The van der Waals surface area contributed by atoms with E-state index >= 15 is 0 Å². The fraction of sp³-hybridized carbons (Fsp3) is 0.538. The highest BCUT2D eigenvalue weighted by Gasteiger charge is 2.10. The molecule has 0 amide bonds. The molecule has 1 aromatic carbocycles. The van der Waals surface area contributed by atoms with Crippen molar-refractivity contribution in [3.63, 3.8) is 0 Å². The maximum absolute atomic E-state index is 9.86. The van der Waals surface area contributed by atoms with Crippen LogP contribution in [0.25, 0.3) is 0 Å². The highest BCUT2D eigenvalue weighted by molar-refractivity contribution is 6.42.